The molecule has 0 saturated carbocycles. The van der Waals surface area contributed by atoms with Crippen molar-refractivity contribution in [2.75, 3.05) is 6.54 Å². The zero-order valence-electron chi connectivity index (χ0n) is 11.2. The first-order valence-electron chi connectivity index (χ1n) is 6.76. The molecule has 0 bridgehead atoms. The van der Waals surface area contributed by atoms with E-state index in [1.807, 2.05) is 0 Å². The van der Waals surface area contributed by atoms with Crippen molar-refractivity contribution in [1.29, 1.82) is 0 Å². The van der Waals surface area contributed by atoms with E-state index < -0.39 is 0 Å². The van der Waals surface area contributed by atoms with Crippen LogP contribution in [0.3, 0.4) is 0 Å². The van der Waals surface area contributed by atoms with E-state index in [4.69, 9.17) is 5.73 Å². The molecule has 0 saturated heterocycles. The van der Waals surface area contributed by atoms with Crippen molar-refractivity contribution < 1.29 is 4.79 Å². The molecule has 1 aliphatic carbocycles. The van der Waals surface area contributed by atoms with E-state index in [0.29, 0.717) is 6.04 Å². The minimum Gasteiger partial charge on any atom is -0.369 e. The average Bonchev–Trinajstić information content (AvgIpc) is 2.37. The molecule has 3 N–H and O–H groups in total. The normalized spacial score (nSPS) is 20.2. The quantitative estimate of drug-likeness (QED) is 0.853. The molecule has 1 aromatic rings. The van der Waals surface area contributed by atoms with Crippen molar-refractivity contribution in [2.45, 2.75) is 39.2 Å². The van der Waals surface area contributed by atoms with E-state index >= 15 is 0 Å². The predicted octanol–water partition coefficient (Wildman–Crippen LogP) is 1.95. The van der Waals surface area contributed by atoms with Crippen LogP contribution in [0.25, 0.3) is 0 Å². The first-order chi connectivity index (χ1) is 8.61. The van der Waals surface area contributed by atoms with Crippen LogP contribution >= 0.6 is 0 Å². The minimum atomic E-state index is -0.161. The average molecular weight is 246 g/mol. The van der Waals surface area contributed by atoms with Crippen LogP contribution in [0.5, 0.6) is 0 Å². The second-order valence-corrected chi connectivity index (χ2v) is 5.15. The number of amides is 1. The van der Waals surface area contributed by atoms with Crippen molar-refractivity contribution in [3.8, 4) is 0 Å². The van der Waals surface area contributed by atoms with E-state index in [-0.39, 0.29) is 11.8 Å². The summed E-state index contributed by atoms with van der Waals surface area (Å²) in [6, 6.07) is 6.98. The Hall–Kier alpha value is -1.35. The SMILES string of the molecule is CCNC(C)c1ccc2c(c1)CCC(C(N)=O)C2. The van der Waals surface area contributed by atoms with Crippen LogP contribution in [0.2, 0.25) is 0 Å². The molecule has 98 valence electrons. The highest BCUT2D eigenvalue weighted by molar-refractivity contribution is 5.77. The first kappa shape index (κ1) is 13.1. The third-order valence-corrected chi connectivity index (χ3v) is 3.87. The number of hydrogen-bond acceptors (Lipinski definition) is 2. The van der Waals surface area contributed by atoms with E-state index in [1.165, 1.54) is 16.7 Å². The van der Waals surface area contributed by atoms with Crippen LogP contribution in [-0.4, -0.2) is 12.5 Å². The Morgan fingerprint density at radius 1 is 1.50 bits per heavy atom. The van der Waals surface area contributed by atoms with Crippen molar-refractivity contribution in [1.82, 2.24) is 5.32 Å². The fourth-order valence-corrected chi connectivity index (χ4v) is 2.71. The molecule has 1 amide bonds. The van der Waals surface area contributed by atoms with Gasteiger partial charge in [-0.05, 0) is 49.4 Å². The van der Waals surface area contributed by atoms with Gasteiger partial charge in [0, 0.05) is 12.0 Å². The topological polar surface area (TPSA) is 55.1 Å². The number of fused-ring (bicyclic) bond motifs is 1. The third kappa shape index (κ3) is 2.72. The van der Waals surface area contributed by atoms with Gasteiger partial charge in [-0.15, -0.1) is 0 Å². The van der Waals surface area contributed by atoms with Gasteiger partial charge in [-0.1, -0.05) is 25.1 Å². The standard InChI is InChI=1S/C15H22N2O/c1-3-17-10(2)11-4-5-13-9-14(15(16)18)7-6-12(13)8-11/h4-5,8,10,14,17H,3,6-7,9H2,1-2H3,(H2,16,18). The highest BCUT2D eigenvalue weighted by Crippen LogP contribution is 2.27. The number of nitrogens with two attached hydrogens (primary N) is 1. The molecule has 0 heterocycles. The molecule has 0 aliphatic heterocycles. The summed E-state index contributed by atoms with van der Waals surface area (Å²) >= 11 is 0. The zero-order valence-corrected chi connectivity index (χ0v) is 11.2. The monoisotopic (exact) mass is 246 g/mol. The van der Waals surface area contributed by atoms with Crippen LogP contribution in [0.4, 0.5) is 0 Å². The summed E-state index contributed by atoms with van der Waals surface area (Å²) in [7, 11) is 0. The molecule has 18 heavy (non-hydrogen) atoms. The van der Waals surface area contributed by atoms with Crippen LogP contribution in [0.15, 0.2) is 18.2 Å². The number of primary amides is 1. The van der Waals surface area contributed by atoms with Crippen molar-refractivity contribution in [3.63, 3.8) is 0 Å². The third-order valence-electron chi connectivity index (χ3n) is 3.87. The van der Waals surface area contributed by atoms with Gasteiger partial charge in [-0.2, -0.15) is 0 Å². The Morgan fingerprint density at radius 2 is 2.28 bits per heavy atom. The molecule has 3 heteroatoms. The number of benzene rings is 1. The van der Waals surface area contributed by atoms with Crippen LogP contribution < -0.4 is 11.1 Å². The Labute approximate surface area is 109 Å². The van der Waals surface area contributed by atoms with Crippen LogP contribution in [-0.2, 0) is 17.6 Å². The van der Waals surface area contributed by atoms with Gasteiger partial charge < -0.3 is 11.1 Å². The summed E-state index contributed by atoms with van der Waals surface area (Å²) in [5.74, 6) is -0.139. The maximum atomic E-state index is 11.2. The number of nitrogens with one attached hydrogen (secondary N) is 1. The van der Waals surface area contributed by atoms with Gasteiger partial charge in [0.25, 0.3) is 0 Å². The lowest BCUT2D eigenvalue weighted by Crippen LogP contribution is -2.28. The lowest BCUT2D eigenvalue weighted by molar-refractivity contribution is -0.122. The van der Waals surface area contributed by atoms with Crippen molar-refractivity contribution >= 4 is 5.91 Å². The Morgan fingerprint density at radius 3 is 2.94 bits per heavy atom. The summed E-state index contributed by atoms with van der Waals surface area (Å²) < 4.78 is 0. The Bertz CT molecular complexity index is 442. The van der Waals surface area contributed by atoms with Crippen molar-refractivity contribution in [2.24, 2.45) is 11.7 Å². The molecule has 0 spiro atoms. The Kier molecular flexibility index (Phi) is 4.02. The van der Waals surface area contributed by atoms with Crippen LogP contribution in [0, 0.1) is 5.92 Å². The maximum absolute atomic E-state index is 11.2. The summed E-state index contributed by atoms with van der Waals surface area (Å²) in [4.78, 5) is 11.2. The number of carbonyl (C=O) groups is 1. The zero-order chi connectivity index (χ0) is 13.1. The molecule has 0 fully saturated rings. The van der Waals surface area contributed by atoms with Crippen molar-refractivity contribution in [3.05, 3.63) is 34.9 Å². The van der Waals surface area contributed by atoms with Gasteiger partial charge in [0.15, 0.2) is 0 Å². The van der Waals surface area contributed by atoms with Crippen LogP contribution in [0.1, 0.15) is 43.0 Å². The molecule has 3 nitrogen and oxygen atoms in total. The highest BCUT2D eigenvalue weighted by Gasteiger charge is 2.23. The lowest BCUT2D eigenvalue weighted by Gasteiger charge is -2.24. The number of rotatable bonds is 4. The summed E-state index contributed by atoms with van der Waals surface area (Å²) in [6.45, 7) is 5.27. The summed E-state index contributed by atoms with van der Waals surface area (Å²) in [5, 5.41) is 3.42. The number of carbonyl (C=O) groups excluding carboxylic acids is 1. The summed E-state index contributed by atoms with van der Waals surface area (Å²) in [5.41, 5.74) is 9.39. The predicted molar refractivity (Wildman–Crippen MR) is 73.2 cm³/mol. The fourth-order valence-electron chi connectivity index (χ4n) is 2.71. The molecular formula is C15H22N2O. The first-order valence-corrected chi connectivity index (χ1v) is 6.76. The lowest BCUT2D eigenvalue weighted by atomic mass is 9.82. The van der Waals surface area contributed by atoms with Gasteiger partial charge in [-0.25, -0.2) is 0 Å². The number of aryl methyl sites for hydroxylation is 1. The molecule has 1 aliphatic rings. The van der Waals surface area contributed by atoms with Gasteiger partial charge >= 0.3 is 0 Å². The molecule has 1 aromatic carbocycles. The molecule has 2 atom stereocenters. The molecule has 2 unspecified atom stereocenters. The fraction of sp³-hybridized carbons (Fsp3) is 0.533. The van der Waals surface area contributed by atoms with E-state index in [0.717, 1.165) is 25.8 Å². The maximum Gasteiger partial charge on any atom is 0.220 e. The molecule has 2 rings (SSSR count). The van der Waals surface area contributed by atoms with E-state index in [1.54, 1.807) is 0 Å². The minimum absolute atomic E-state index is 0.0227. The highest BCUT2D eigenvalue weighted by atomic mass is 16.1. The van der Waals surface area contributed by atoms with Gasteiger partial charge in [0.1, 0.15) is 0 Å². The Balaban J connectivity index is 2.17. The summed E-state index contributed by atoms with van der Waals surface area (Å²) in [6.07, 6.45) is 2.66. The number of hydrogen-bond donors (Lipinski definition) is 2. The smallest absolute Gasteiger partial charge is 0.220 e. The second kappa shape index (κ2) is 5.53. The van der Waals surface area contributed by atoms with Gasteiger partial charge in [-0.3, -0.25) is 4.79 Å². The van der Waals surface area contributed by atoms with E-state index in [9.17, 15) is 4.79 Å². The molecule has 0 radical (unpaired) electrons. The second-order valence-electron chi connectivity index (χ2n) is 5.15. The van der Waals surface area contributed by atoms with E-state index in [2.05, 4.69) is 37.4 Å². The largest absolute Gasteiger partial charge is 0.369 e. The molecular weight excluding hydrogens is 224 g/mol. The molecule has 0 aromatic heterocycles. The van der Waals surface area contributed by atoms with Gasteiger partial charge in [0.05, 0.1) is 0 Å². The van der Waals surface area contributed by atoms with Gasteiger partial charge in [0.2, 0.25) is 5.91 Å².